The third-order valence-corrected chi connectivity index (χ3v) is 2.32. The van der Waals surface area contributed by atoms with Gasteiger partial charge in [0.1, 0.15) is 6.07 Å². The first-order chi connectivity index (χ1) is 8.12. The number of nitrogen functional groups attached to an aromatic ring is 1. The number of nitriles is 1. The lowest BCUT2D eigenvalue weighted by Crippen LogP contribution is -2.36. The highest BCUT2D eigenvalue weighted by Crippen LogP contribution is 2.20. The van der Waals surface area contributed by atoms with E-state index in [0.29, 0.717) is 23.6 Å². The van der Waals surface area contributed by atoms with Gasteiger partial charge in [0.05, 0.1) is 17.8 Å². The third kappa shape index (κ3) is 3.08. The molecule has 0 fully saturated rings. The molecule has 0 aliphatic carbocycles. The number of nitrogens with zero attached hydrogens (tertiary/aromatic N) is 3. The van der Waals surface area contributed by atoms with Crippen LogP contribution in [0.3, 0.4) is 0 Å². The number of anilines is 2. The Kier molecular flexibility index (Phi) is 4.29. The zero-order chi connectivity index (χ0) is 12.8. The van der Waals surface area contributed by atoms with E-state index in [1.165, 1.54) is 6.20 Å². The van der Waals surface area contributed by atoms with Crippen molar-refractivity contribution in [2.24, 2.45) is 0 Å². The molecule has 90 valence electrons. The Balaban J connectivity index is 2.97. The van der Waals surface area contributed by atoms with Crippen molar-refractivity contribution in [2.45, 2.75) is 6.92 Å². The van der Waals surface area contributed by atoms with E-state index < -0.39 is 0 Å². The van der Waals surface area contributed by atoms with Gasteiger partial charge < -0.3 is 16.0 Å². The summed E-state index contributed by atoms with van der Waals surface area (Å²) in [5.74, 6) is 0.410. The van der Waals surface area contributed by atoms with Crippen LogP contribution in [0.15, 0.2) is 12.3 Å². The molecule has 0 aromatic carbocycles. The molecule has 0 aliphatic heterocycles. The van der Waals surface area contributed by atoms with Crippen molar-refractivity contribution in [3.63, 3.8) is 0 Å². The highest BCUT2D eigenvalue weighted by atomic mass is 16.1. The van der Waals surface area contributed by atoms with Crippen LogP contribution in [0, 0.1) is 11.3 Å². The number of carbonyl (C=O) groups excluding carboxylic acids is 1. The topological polar surface area (TPSA) is 95.0 Å². The summed E-state index contributed by atoms with van der Waals surface area (Å²) < 4.78 is 0. The Hall–Kier alpha value is -2.29. The van der Waals surface area contributed by atoms with Crippen LogP contribution in [0.25, 0.3) is 0 Å². The maximum absolute atomic E-state index is 11.3. The zero-order valence-corrected chi connectivity index (χ0v) is 9.90. The van der Waals surface area contributed by atoms with Crippen molar-refractivity contribution in [1.29, 1.82) is 5.26 Å². The second-order valence-electron chi connectivity index (χ2n) is 3.44. The summed E-state index contributed by atoms with van der Waals surface area (Å²) in [5, 5.41) is 11.2. The van der Waals surface area contributed by atoms with Crippen molar-refractivity contribution in [3.05, 3.63) is 17.8 Å². The van der Waals surface area contributed by atoms with E-state index in [1.807, 2.05) is 13.0 Å². The lowest BCUT2D eigenvalue weighted by atomic mass is 10.2. The molecule has 0 unspecified atom stereocenters. The molecule has 0 aliphatic rings. The summed E-state index contributed by atoms with van der Waals surface area (Å²) in [5.41, 5.74) is 6.61. The number of amides is 1. The fourth-order valence-corrected chi connectivity index (χ4v) is 1.39. The smallest absolute Gasteiger partial charge is 0.239 e. The van der Waals surface area contributed by atoms with Crippen LogP contribution in [-0.2, 0) is 4.79 Å². The average molecular weight is 233 g/mol. The average Bonchev–Trinajstić information content (AvgIpc) is 2.35. The molecular weight excluding hydrogens is 218 g/mol. The SMILES string of the molecule is CCN(CC(=O)NC)c1ncc(C#N)cc1N. The van der Waals surface area contributed by atoms with Gasteiger partial charge in [-0.25, -0.2) is 4.98 Å². The van der Waals surface area contributed by atoms with Gasteiger partial charge in [0.2, 0.25) is 5.91 Å². The Morgan fingerprint density at radius 3 is 2.88 bits per heavy atom. The standard InChI is InChI=1S/C11H15N5O/c1-3-16(7-10(17)14-2)11-9(13)4-8(5-12)6-15-11/h4,6H,3,7,13H2,1-2H3,(H,14,17). The maximum Gasteiger partial charge on any atom is 0.239 e. The fraction of sp³-hybridized carbons (Fsp3) is 0.364. The van der Waals surface area contributed by atoms with Gasteiger partial charge in [-0.15, -0.1) is 0 Å². The lowest BCUT2D eigenvalue weighted by molar-refractivity contribution is -0.119. The summed E-state index contributed by atoms with van der Waals surface area (Å²) >= 11 is 0. The number of nitrogens with two attached hydrogens (primary N) is 1. The van der Waals surface area contributed by atoms with E-state index in [0.717, 1.165) is 0 Å². The lowest BCUT2D eigenvalue weighted by Gasteiger charge is -2.22. The normalized spacial score (nSPS) is 9.47. The zero-order valence-electron chi connectivity index (χ0n) is 9.90. The van der Waals surface area contributed by atoms with Gasteiger partial charge in [-0.2, -0.15) is 5.26 Å². The first-order valence-corrected chi connectivity index (χ1v) is 5.23. The minimum absolute atomic E-state index is 0.114. The number of carbonyl (C=O) groups is 1. The molecule has 1 aromatic rings. The molecule has 6 nitrogen and oxygen atoms in total. The molecule has 1 aromatic heterocycles. The summed E-state index contributed by atoms with van der Waals surface area (Å²) in [6.07, 6.45) is 1.44. The van der Waals surface area contributed by atoms with Crippen LogP contribution in [-0.4, -0.2) is 31.0 Å². The van der Waals surface area contributed by atoms with Gasteiger partial charge in [0.15, 0.2) is 5.82 Å². The molecule has 1 heterocycles. The largest absolute Gasteiger partial charge is 0.396 e. The van der Waals surface area contributed by atoms with E-state index in [-0.39, 0.29) is 12.5 Å². The Morgan fingerprint density at radius 1 is 1.71 bits per heavy atom. The molecule has 6 heteroatoms. The van der Waals surface area contributed by atoms with E-state index in [1.54, 1.807) is 18.0 Å². The predicted octanol–water partition coefficient (Wildman–Crippen LogP) is 0.108. The van der Waals surface area contributed by atoms with Crippen molar-refractivity contribution < 1.29 is 4.79 Å². The van der Waals surface area contributed by atoms with Crippen LogP contribution >= 0.6 is 0 Å². The second-order valence-corrected chi connectivity index (χ2v) is 3.44. The fourth-order valence-electron chi connectivity index (χ4n) is 1.39. The van der Waals surface area contributed by atoms with Crippen molar-refractivity contribution in [3.8, 4) is 6.07 Å². The number of hydrogen-bond donors (Lipinski definition) is 2. The maximum atomic E-state index is 11.3. The molecule has 1 rings (SSSR count). The van der Waals surface area contributed by atoms with Crippen LogP contribution < -0.4 is 16.0 Å². The Morgan fingerprint density at radius 2 is 2.41 bits per heavy atom. The van der Waals surface area contributed by atoms with E-state index in [4.69, 9.17) is 11.0 Å². The van der Waals surface area contributed by atoms with E-state index in [2.05, 4.69) is 10.3 Å². The summed E-state index contributed by atoms with van der Waals surface area (Å²) in [4.78, 5) is 17.2. The van der Waals surface area contributed by atoms with Gasteiger partial charge in [-0.05, 0) is 13.0 Å². The summed E-state index contributed by atoms with van der Waals surface area (Å²) in [7, 11) is 1.58. The molecule has 0 saturated carbocycles. The molecule has 0 spiro atoms. The summed E-state index contributed by atoms with van der Waals surface area (Å²) in [6, 6.07) is 3.51. The van der Waals surface area contributed by atoms with Crippen LogP contribution in [0.2, 0.25) is 0 Å². The first kappa shape index (κ1) is 12.8. The van der Waals surface area contributed by atoms with Gasteiger partial charge in [-0.1, -0.05) is 0 Å². The predicted molar refractivity (Wildman–Crippen MR) is 65.3 cm³/mol. The molecular formula is C11H15N5O. The monoisotopic (exact) mass is 233 g/mol. The number of likely N-dealkylation sites (N-methyl/N-ethyl adjacent to an activating group) is 2. The molecule has 3 N–H and O–H groups in total. The van der Waals surface area contributed by atoms with Gasteiger partial charge >= 0.3 is 0 Å². The number of hydrogen-bond acceptors (Lipinski definition) is 5. The van der Waals surface area contributed by atoms with Crippen LogP contribution in [0.5, 0.6) is 0 Å². The third-order valence-electron chi connectivity index (χ3n) is 2.32. The number of rotatable bonds is 4. The Bertz CT molecular complexity index is 452. The highest BCUT2D eigenvalue weighted by Gasteiger charge is 2.13. The number of nitrogens with one attached hydrogen (secondary N) is 1. The first-order valence-electron chi connectivity index (χ1n) is 5.23. The molecule has 17 heavy (non-hydrogen) atoms. The summed E-state index contributed by atoms with van der Waals surface area (Å²) in [6.45, 7) is 2.70. The van der Waals surface area contributed by atoms with E-state index >= 15 is 0 Å². The second kappa shape index (κ2) is 5.70. The molecule has 0 atom stereocenters. The number of pyridine rings is 1. The quantitative estimate of drug-likeness (QED) is 0.769. The molecule has 0 saturated heterocycles. The van der Waals surface area contributed by atoms with Gasteiger partial charge in [-0.3, -0.25) is 4.79 Å². The molecule has 0 bridgehead atoms. The highest BCUT2D eigenvalue weighted by molar-refractivity contribution is 5.82. The van der Waals surface area contributed by atoms with Crippen molar-refractivity contribution >= 4 is 17.4 Å². The van der Waals surface area contributed by atoms with Crippen molar-refractivity contribution in [2.75, 3.05) is 30.8 Å². The molecule has 1 amide bonds. The van der Waals surface area contributed by atoms with Crippen LogP contribution in [0.4, 0.5) is 11.5 Å². The molecule has 0 radical (unpaired) electrons. The van der Waals surface area contributed by atoms with Gasteiger partial charge in [0, 0.05) is 19.8 Å². The minimum atomic E-state index is -0.114. The van der Waals surface area contributed by atoms with E-state index in [9.17, 15) is 4.79 Å². The van der Waals surface area contributed by atoms with Crippen molar-refractivity contribution in [1.82, 2.24) is 10.3 Å². The van der Waals surface area contributed by atoms with Gasteiger partial charge in [0.25, 0.3) is 0 Å². The minimum Gasteiger partial charge on any atom is -0.396 e. The van der Waals surface area contributed by atoms with Crippen LogP contribution in [0.1, 0.15) is 12.5 Å². The Labute approximate surface area is 100 Å². The number of aromatic nitrogens is 1.